The van der Waals surface area contributed by atoms with Gasteiger partial charge in [0.25, 0.3) is 0 Å². The lowest BCUT2D eigenvalue weighted by molar-refractivity contribution is -0.113. The summed E-state index contributed by atoms with van der Waals surface area (Å²) in [6.07, 6.45) is 4.85. The van der Waals surface area contributed by atoms with Gasteiger partial charge in [0.05, 0.1) is 5.69 Å². The van der Waals surface area contributed by atoms with Gasteiger partial charge in [-0.2, -0.15) is 0 Å². The van der Waals surface area contributed by atoms with Crippen LogP contribution in [-0.4, -0.2) is 17.2 Å². The molecule has 0 spiro atoms. The Morgan fingerprint density at radius 1 is 1.54 bits per heavy atom. The quantitative estimate of drug-likeness (QED) is 0.535. The molecule has 0 bridgehead atoms. The van der Waals surface area contributed by atoms with Crippen molar-refractivity contribution < 1.29 is 9.59 Å². The highest BCUT2D eigenvalue weighted by atomic mass is 16.1. The molecule has 0 saturated carbocycles. The number of nitrogens with zero attached hydrogens (tertiary/aromatic N) is 1. The molecule has 0 saturated heterocycles. The average Bonchev–Trinajstić information content (AvgIpc) is 2.15. The minimum Gasteiger partial charge on any atom is -0.366 e. The van der Waals surface area contributed by atoms with Gasteiger partial charge in [0.1, 0.15) is 6.29 Å². The van der Waals surface area contributed by atoms with Crippen molar-refractivity contribution in [1.82, 2.24) is 4.98 Å². The third kappa shape index (κ3) is 2.86. The smallest absolute Gasteiger partial charge is 0.241 e. The van der Waals surface area contributed by atoms with Gasteiger partial charge in [-0.3, -0.25) is 14.6 Å². The Hall–Kier alpha value is -1.97. The van der Waals surface area contributed by atoms with E-state index in [2.05, 4.69) is 4.98 Å². The Balaban J connectivity index is 2.89. The summed E-state index contributed by atoms with van der Waals surface area (Å²) in [6, 6.07) is 3.14. The predicted molar refractivity (Wildman–Crippen MR) is 47.9 cm³/mol. The molecule has 0 atom stereocenters. The Bertz CT molecular complexity index is 358. The number of carbonyl (C=O) groups excluding carboxylic acids is 2. The van der Waals surface area contributed by atoms with Gasteiger partial charge in [-0.25, -0.2) is 0 Å². The largest absolute Gasteiger partial charge is 0.366 e. The number of hydrogen-bond acceptors (Lipinski definition) is 3. The van der Waals surface area contributed by atoms with Crippen molar-refractivity contribution in [2.75, 3.05) is 0 Å². The summed E-state index contributed by atoms with van der Waals surface area (Å²) >= 11 is 0. The first-order chi connectivity index (χ1) is 6.22. The summed E-state index contributed by atoms with van der Waals surface area (Å²) in [5.74, 6) is -0.543. The number of aromatic nitrogens is 1. The van der Waals surface area contributed by atoms with E-state index in [0.29, 0.717) is 17.5 Å². The van der Waals surface area contributed by atoms with Gasteiger partial charge in [-0.15, -0.1) is 0 Å². The number of hydrogen-bond donors (Lipinski definition) is 1. The number of primary amides is 1. The van der Waals surface area contributed by atoms with Crippen molar-refractivity contribution in [2.24, 2.45) is 5.73 Å². The molecule has 4 nitrogen and oxygen atoms in total. The van der Waals surface area contributed by atoms with Gasteiger partial charge in [-0.1, -0.05) is 0 Å². The molecule has 4 heteroatoms. The zero-order chi connectivity index (χ0) is 9.68. The topological polar surface area (TPSA) is 73.1 Å². The zero-order valence-corrected chi connectivity index (χ0v) is 6.81. The van der Waals surface area contributed by atoms with Crippen molar-refractivity contribution in [2.45, 2.75) is 0 Å². The zero-order valence-electron chi connectivity index (χ0n) is 6.81. The minimum atomic E-state index is -0.543. The van der Waals surface area contributed by atoms with E-state index in [1.807, 2.05) is 0 Å². The van der Waals surface area contributed by atoms with Gasteiger partial charge < -0.3 is 5.73 Å². The van der Waals surface area contributed by atoms with E-state index >= 15 is 0 Å². The number of amides is 1. The number of nitrogens with two attached hydrogens (primary N) is 1. The summed E-state index contributed by atoms with van der Waals surface area (Å²) in [6.45, 7) is 0. The second-order valence-electron chi connectivity index (χ2n) is 2.37. The first-order valence-electron chi connectivity index (χ1n) is 3.61. The highest BCUT2D eigenvalue weighted by Gasteiger charge is 1.92. The van der Waals surface area contributed by atoms with E-state index in [-0.39, 0.29) is 0 Å². The van der Waals surface area contributed by atoms with E-state index < -0.39 is 5.91 Å². The summed E-state index contributed by atoms with van der Waals surface area (Å²) in [7, 11) is 0. The van der Waals surface area contributed by atoms with Crippen LogP contribution >= 0.6 is 0 Å². The normalized spacial score (nSPS) is 10.2. The first kappa shape index (κ1) is 9.12. The molecule has 1 heterocycles. The highest BCUT2D eigenvalue weighted by Crippen LogP contribution is 2.00. The van der Waals surface area contributed by atoms with Crippen LogP contribution in [0.5, 0.6) is 0 Å². The minimum absolute atomic E-state index is 0.513. The molecular formula is C9H8N2O2. The fourth-order valence-corrected chi connectivity index (χ4v) is 0.798. The van der Waals surface area contributed by atoms with Crippen molar-refractivity contribution in [3.63, 3.8) is 0 Å². The van der Waals surface area contributed by atoms with E-state index in [0.717, 1.165) is 0 Å². The fourth-order valence-electron chi connectivity index (χ4n) is 0.798. The number of carbonyl (C=O) groups is 2. The molecule has 1 aromatic rings. The Morgan fingerprint density at radius 2 is 2.31 bits per heavy atom. The summed E-state index contributed by atoms with van der Waals surface area (Å²) < 4.78 is 0. The molecule has 0 unspecified atom stereocenters. The maximum atomic E-state index is 10.4. The third-order valence-corrected chi connectivity index (χ3v) is 1.36. The van der Waals surface area contributed by atoms with Crippen LogP contribution < -0.4 is 5.73 Å². The van der Waals surface area contributed by atoms with Crippen LogP contribution in [-0.2, 0) is 4.79 Å². The summed E-state index contributed by atoms with van der Waals surface area (Å²) in [5.41, 5.74) is 5.93. The van der Waals surface area contributed by atoms with Gasteiger partial charge in [0.2, 0.25) is 5.91 Å². The summed E-state index contributed by atoms with van der Waals surface area (Å²) in [5, 5.41) is 0. The number of pyridine rings is 1. The number of rotatable bonds is 3. The van der Waals surface area contributed by atoms with Crippen LogP contribution in [0.2, 0.25) is 0 Å². The molecule has 0 aliphatic carbocycles. The fraction of sp³-hybridized carbons (Fsp3) is 0. The van der Waals surface area contributed by atoms with Crippen LogP contribution in [0.4, 0.5) is 0 Å². The van der Waals surface area contributed by atoms with Gasteiger partial charge >= 0.3 is 0 Å². The molecule has 0 fully saturated rings. The van der Waals surface area contributed by atoms with Crippen molar-refractivity contribution in [3.05, 3.63) is 35.7 Å². The Labute approximate surface area is 75.1 Å². The standard InChI is InChI=1S/C9H8N2O2/c10-9(13)2-1-8-5-7(6-12)3-4-11-8/h1-6H,(H2,10,13). The van der Waals surface area contributed by atoms with Crippen LogP contribution in [0.1, 0.15) is 16.1 Å². The van der Waals surface area contributed by atoms with E-state index in [9.17, 15) is 9.59 Å². The molecule has 1 aromatic heterocycles. The monoisotopic (exact) mass is 176 g/mol. The predicted octanol–water partition coefficient (Wildman–Crippen LogP) is 0.393. The summed E-state index contributed by atoms with van der Waals surface area (Å²) in [4.78, 5) is 24.6. The molecule has 0 radical (unpaired) electrons. The third-order valence-electron chi connectivity index (χ3n) is 1.36. The molecule has 2 N–H and O–H groups in total. The highest BCUT2D eigenvalue weighted by molar-refractivity contribution is 5.90. The number of aldehydes is 1. The maximum Gasteiger partial charge on any atom is 0.241 e. The molecule has 0 aliphatic heterocycles. The molecule has 66 valence electrons. The van der Waals surface area contributed by atoms with Crippen LogP contribution in [0, 0.1) is 0 Å². The van der Waals surface area contributed by atoms with Crippen LogP contribution in [0.25, 0.3) is 6.08 Å². The van der Waals surface area contributed by atoms with Gasteiger partial charge in [-0.05, 0) is 18.2 Å². The molecule has 1 rings (SSSR count). The SMILES string of the molecule is NC(=O)C=Cc1cc(C=O)ccn1. The molecule has 0 aliphatic rings. The first-order valence-corrected chi connectivity index (χ1v) is 3.61. The van der Waals surface area contributed by atoms with Crippen molar-refractivity contribution in [1.29, 1.82) is 0 Å². The van der Waals surface area contributed by atoms with Crippen LogP contribution in [0.15, 0.2) is 24.4 Å². The second kappa shape index (κ2) is 4.15. The second-order valence-corrected chi connectivity index (χ2v) is 2.37. The van der Waals surface area contributed by atoms with Crippen molar-refractivity contribution in [3.8, 4) is 0 Å². The lowest BCUT2D eigenvalue weighted by Crippen LogP contribution is -2.05. The van der Waals surface area contributed by atoms with Gasteiger partial charge in [0.15, 0.2) is 0 Å². The van der Waals surface area contributed by atoms with Crippen molar-refractivity contribution >= 4 is 18.3 Å². The molecule has 0 aromatic carbocycles. The molecule has 1 amide bonds. The molecule has 13 heavy (non-hydrogen) atoms. The van der Waals surface area contributed by atoms with E-state index in [1.54, 1.807) is 12.1 Å². The molecular weight excluding hydrogens is 168 g/mol. The average molecular weight is 176 g/mol. The Morgan fingerprint density at radius 3 is 2.92 bits per heavy atom. The lowest BCUT2D eigenvalue weighted by atomic mass is 10.2. The van der Waals surface area contributed by atoms with E-state index in [4.69, 9.17) is 5.73 Å². The van der Waals surface area contributed by atoms with Gasteiger partial charge in [0, 0.05) is 17.8 Å². The maximum absolute atomic E-state index is 10.4. The lowest BCUT2D eigenvalue weighted by Gasteiger charge is -1.92. The Kier molecular flexibility index (Phi) is 2.92. The van der Waals surface area contributed by atoms with E-state index in [1.165, 1.54) is 18.3 Å². The van der Waals surface area contributed by atoms with Crippen LogP contribution in [0.3, 0.4) is 0 Å².